The van der Waals surface area contributed by atoms with Crippen molar-refractivity contribution < 1.29 is 4.74 Å². The molecule has 0 aliphatic heterocycles. The molecule has 18 heavy (non-hydrogen) atoms. The molecule has 0 spiro atoms. The lowest BCUT2D eigenvalue weighted by molar-refractivity contribution is 0.412. The van der Waals surface area contributed by atoms with Gasteiger partial charge in [-0.25, -0.2) is 4.98 Å². The second-order valence-electron chi connectivity index (χ2n) is 4.24. The zero-order valence-corrected chi connectivity index (χ0v) is 12.2. The van der Waals surface area contributed by atoms with E-state index < -0.39 is 0 Å². The monoisotopic (exact) mass is 309 g/mol. The first kappa shape index (κ1) is 13.0. The van der Waals surface area contributed by atoms with Crippen molar-refractivity contribution in [1.82, 2.24) is 9.55 Å². The second kappa shape index (κ2) is 5.44. The van der Waals surface area contributed by atoms with Crippen molar-refractivity contribution in [3.8, 4) is 11.4 Å². The van der Waals surface area contributed by atoms with E-state index in [1.54, 1.807) is 13.3 Å². The predicted molar refractivity (Wildman–Crippen MR) is 76.6 cm³/mol. The van der Waals surface area contributed by atoms with Crippen molar-refractivity contribution in [1.29, 1.82) is 0 Å². The molecule has 0 radical (unpaired) electrons. The molecule has 1 N–H and O–H groups in total. The molecule has 0 bridgehead atoms. The van der Waals surface area contributed by atoms with Crippen LogP contribution < -0.4 is 10.1 Å². The topological polar surface area (TPSA) is 39.1 Å². The first-order chi connectivity index (χ1) is 8.61. The molecule has 1 heterocycles. The number of hydrogen-bond acceptors (Lipinski definition) is 3. The van der Waals surface area contributed by atoms with Crippen LogP contribution in [0, 0.1) is 0 Å². The first-order valence-corrected chi connectivity index (χ1v) is 6.55. The van der Waals surface area contributed by atoms with Crippen LogP contribution in [0.15, 0.2) is 35.1 Å². The standard InChI is InChI=1S/C13H16BrN3O/c1-9(2)16-13-15-6-7-17(13)10-4-5-11(14)12(8-10)18-3/h4-9H,1-3H3,(H,15,16). The Hall–Kier alpha value is -1.49. The van der Waals surface area contributed by atoms with Crippen molar-refractivity contribution in [2.24, 2.45) is 0 Å². The van der Waals surface area contributed by atoms with Gasteiger partial charge in [-0.3, -0.25) is 4.57 Å². The molecule has 0 fully saturated rings. The Balaban J connectivity index is 2.39. The van der Waals surface area contributed by atoms with Crippen LogP contribution in [-0.4, -0.2) is 22.7 Å². The van der Waals surface area contributed by atoms with Gasteiger partial charge in [0.1, 0.15) is 5.75 Å². The second-order valence-corrected chi connectivity index (χ2v) is 5.09. The zero-order chi connectivity index (χ0) is 13.1. The molecule has 0 aliphatic carbocycles. The number of hydrogen-bond donors (Lipinski definition) is 1. The molecule has 0 saturated heterocycles. The average Bonchev–Trinajstić information content (AvgIpc) is 2.77. The fraction of sp³-hybridized carbons (Fsp3) is 0.308. The molecule has 2 rings (SSSR count). The molecule has 0 aliphatic rings. The number of rotatable bonds is 4. The summed E-state index contributed by atoms with van der Waals surface area (Å²) in [6.45, 7) is 4.17. The molecule has 1 aromatic heterocycles. The fourth-order valence-corrected chi connectivity index (χ4v) is 2.08. The third kappa shape index (κ3) is 2.67. The zero-order valence-electron chi connectivity index (χ0n) is 10.6. The van der Waals surface area contributed by atoms with Crippen LogP contribution in [0.5, 0.6) is 5.75 Å². The minimum absolute atomic E-state index is 0.337. The Labute approximate surface area is 115 Å². The van der Waals surface area contributed by atoms with E-state index in [0.717, 1.165) is 21.9 Å². The summed E-state index contributed by atoms with van der Waals surface area (Å²) in [6.07, 6.45) is 3.70. The quantitative estimate of drug-likeness (QED) is 0.940. The van der Waals surface area contributed by atoms with Crippen molar-refractivity contribution in [3.05, 3.63) is 35.1 Å². The van der Waals surface area contributed by atoms with Crippen molar-refractivity contribution in [3.63, 3.8) is 0 Å². The lowest BCUT2D eigenvalue weighted by Gasteiger charge is -2.13. The highest BCUT2D eigenvalue weighted by molar-refractivity contribution is 9.10. The molecule has 0 amide bonds. The number of nitrogens with zero attached hydrogens (tertiary/aromatic N) is 2. The number of halogens is 1. The molecule has 4 nitrogen and oxygen atoms in total. The highest BCUT2D eigenvalue weighted by Crippen LogP contribution is 2.28. The van der Waals surface area contributed by atoms with Gasteiger partial charge in [-0.05, 0) is 41.9 Å². The number of ether oxygens (including phenoxy) is 1. The van der Waals surface area contributed by atoms with Gasteiger partial charge in [0.25, 0.3) is 0 Å². The Morgan fingerprint density at radius 2 is 2.17 bits per heavy atom. The van der Waals surface area contributed by atoms with Crippen LogP contribution in [0.1, 0.15) is 13.8 Å². The Kier molecular flexibility index (Phi) is 3.91. The number of benzene rings is 1. The van der Waals surface area contributed by atoms with Crippen LogP contribution in [0.3, 0.4) is 0 Å². The first-order valence-electron chi connectivity index (χ1n) is 5.75. The van der Waals surface area contributed by atoms with E-state index in [0.29, 0.717) is 6.04 Å². The lowest BCUT2D eigenvalue weighted by atomic mass is 10.3. The predicted octanol–water partition coefficient (Wildman–Crippen LogP) is 3.46. The van der Waals surface area contributed by atoms with Gasteiger partial charge < -0.3 is 10.1 Å². The summed E-state index contributed by atoms with van der Waals surface area (Å²) in [5, 5.41) is 3.30. The van der Waals surface area contributed by atoms with Gasteiger partial charge in [-0.1, -0.05) is 0 Å². The maximum absolute atomic E-state index is 5.30. The smallest absolute Gasteiger partial charge is 0.207 e. The molecule has 2 aromatic rings. The number of methoxy groups -OCH3 is 1. The van der Waals surface area contributed by atoms with E-state index in [9.17, 15) is 0 Å². The van der Waals surface area contributed by atoms with Crippen molar-refractivity contribution in [2.45, 2.75) is 19.9 Å². The molecule has 0 atom stereocenters. The molecular formula is C13H16BrN3O. The minimum atomic E-state index is 0.337. The van der Waals surface area contributed by atoms with Gasteiger partial charge in [-0.2, -0.15) is 0 Å². The largest absolute Gasteiger partial charge is 0.495 e. The minimum Gasteiger partial charge on any atom is -0.495 e. The van der Waals surface area contributed by atoms with E-state index in [4.69, 9.17) is 4.74 Å². The maximum Gasteiger partial charge on any atom is 0.207 e. The normalized spacial score (nSPS) is 10.7. The van der Waals surface area contributed by atoms with E-state index >= 15 is 0 Å². The Morgan fingerprint density at radius 3 is 2.83 bits per heavy atom. The van der Waals surface area contributed by atoms with E-state index in [-0.39, 0.29) is 0 Å². The van der Waals surface area contributed by atoms with E-state index in [2.05, 4.69) is 40.1 Å². The maximum atomic E-state index is 5.30. The summed E-state index contributed by atoms with van der Waals surface area (Å²) < 4.78 is 8.24. The highest BCUT2D eigenvalue weighted by atomic mass is 79.9. The van der Waals surface area contributed by atoms with Crippen molar-refractivity contribution >= 4 is 21.9 Å². The SMILES string of the molecule is COc1cc(-n2ccnc2NC(C)C)ccc1Br. The Bertz CT molecular complexity index is 537. The summed E-state index contributed by atoms with van der Waals surface area (Å²) in [4.78, 5) is 4.31. The fourth-order valence-electron chi connectivity index (χ4n) is 1.68. The number of anilines is 1. The van der Waals surface area contributed by atoms with Gasteiger partial charge in [0, 0.05) is 24.5 Å². The molecule has 5 heteroatoms. The molecule has 0 saturated carbocycles. The number of aromatic nitrogens is 2. The van der Waals surface area contributed by atoms with Gasteiger partial charge in [0.15, 0.2) is 0 Å². The highest BCUT2D eigenvalue weighted by Gasteiger charge is 2.08. The van der Waals surface area contributed by atoms with Gasteiger partial charge in [-0.15, -0.1) is 0 Å². The summed E-state index contributed by atoms with van der Waals surface area (Å²) in [5.74, 6) is 1.63. The summed E-state index contributed by atoms with van der Waals surface area (Å²) >= 11 is 3.45. The summed E-state index contributed by atoms with van der Waals surface area (Å²) in [5.41, 5.74) is 1.01. The van der Waals surface area contributed by atoms with Crippen LogP contribution in [0.4, 0.5) is 5.95 Å². The Morgan fingerprint density at radius 1 is 1.39 bits per heavy atom. The summed E-state index contributed by atoms with van der Waals surface area (Å²) in [7, 11) is 1.66. The van der Waals surface area contributed by atoms with Crippen LogP contribution in [0.2, 0.25) is 0 Å². The van der Waals surface area contributed by atoms with Gasteiger partial charge in [0.2, 0.25) is 5.95 Å². The van der Waals surface area contributed by atoms with E-state index in [1.807, 2.05) is 29.0 Å². The lowest BCUT2D eigenvalue weighted by Crippen LogP contribution is -2.13. The summed E-state index contributed by atoms with van der Waals surface area (Å²) in [6, 6.07) is 6.29. The third-order valence-corrected chi connectivity index (χ3v) is 3.13. The third-order valence-electron chi connectivity index (χ3n) is 2.47. The van der Waals surface area contributed by atoms with Gasteiger partial charge in [0.05, 0.1) is 17.3 Å². The van der Waals surface area contributed by atoms with Crippen LogP contribution >= 0.6 is 15.9 Å². The molecular weight excluding hydrogens is 294 g/mol. The van der Waals surface area contributed by atoms with Crippen molar-refractivity contribution in [2.75, 3.05) is 12.4 Å². The van der Waals surface area contributed by atoms with E-state index in [1.165, 1.54) is 0 Å². The number of nitrogens with one attached hydrogen (secondary N) is 1. The average molecular weight is 310 g/mol. The van der Waals surface area contributed by atoms with Crippen LogP contribution in [-0.2, 0) is 0 Å². The van der Waals surface area contributed by atoms with Crippen LogP contribution in [0.25, 0.3) is 5.69 Å². The molecule has 96 valence electrons. The van der Waals surface area contributed by atoms with Gasteiger partial charge >= 0.3 is 0 Å². The molecule has 1 aromatic carbocycles. The molecule has 0 unspecified atom stereocenters. The number of imidazole rings is 1.